The van der Waals surface area contributed by atoms with Crippen molar-refractivity contribution in [1.29, 1.82) is 0 Å². The Kier molecular flexibility index (Phi) is 6.18. The number of primary amides is 1. The Bertz CT molecular complexity index is 1510. The van der Waals surface area contributed by atoms with Crippen LogP contribution in [0.15, 0.2) is 48.5 Å². The van der Waals surface area contributed by atoms with Gasteiger partial charge in [-0.15, -0.1) is 0 Å². The summed E-state index contributed by atoms with van der Waals surface area (Å²) >= 11 is 0. The Morgan fingerprint density at radius 3 is 2.08 bits per heavy atom. The lowest BCUT2D eigenvalue weighted by atomic mass is 9.92. The number of anilines is 2. The van der Waals surface area contributed by atoms with Crippen LogP contribution < -0.4 is 20.3 Å². The highest BCUT2D eigenvalue weighted by molar-refractivity contribution is 6.11. The predicted molar refractivity (Wildman–Crippen MR) is 134 cm³/mol. The van der Waals surface area contributed by atoms with Crippen molar-refractivity contribution < 1.29 is 49.8 Å². The van der Waals surface area contributed by atoms with Crippen molar-refractivity contribution in [3.05, 3.63) is 65.5 Å². The maximum atomic E-state index is 13.8. The average Bonchev–Trinajstić information content (AvgIpc) is 3.32. The predicted octanol–water partition coefficient (Wildman–Crippen LogP) is -1.78. The summed E-state index contributed by atoms with van der Waals surface area (Å²) < 4.78 is 6.02. The largest absolute Gasteiger partial charge is 0.497 e. The summed E-state index contributed by atoms with van der Waals surface area (Å²) in [4.78, 5) is 39.8. The molecule has 0 aliphatic carbocycles. The van der Waals surface area contributed by atoms with Crippen molar-refractivity contribution >= 4 is 29.1 Å². The number of hydrogen-bond acceptors (Lipinski definition) is 11. The lowest BCUT2D eigenvalue weighted by Crippen LogP contribution is -2.68. The van der Waals surface area contributed by atoms with E-state index in [1.54, 1.807) is 0 Å². The summed E-state index contributed by atoms with van der Waals surface area (Å²) in [5, 5.41) is 67.7. The number of hydrogen-bond donors (Lipinski definition) is 7. The average molecular weight is 556 g/mol. The molecular formula is C25H25N5O10. The Balaban J connectivity index is 1.63. The second kappa shape index (κ2) is 9.09. The van der Waals surface area contributed by atoms with E-state index in [1.165, 1.54) is 55.6 Å². The van der Waals surface area contributed by atoms with Crippen LogP contribution in [0.3, 0.4) is 0 Å². The Labute approximate surface area is 225 Å². The molecule has 0 radical (unpaired) electrons. The number of piperidine rings is 1. The number of nitrogens with two attached hydrogens (primary N) is 1. The molecule has 0 atom stereocenters. The molecule has 15 nitrogen and oxygen atoms in total. The van der Waals surface area contributed by atoms with Crippen molar-refractivity contribution in [2.24, 2.45) is 5.73 Å². The van der Waals surface area contributed by atoms with Gasteiger partial charge in [0, 0.05) is 24.3 Å². The molecule has 5 rings (SSSR count). The molecule has 0 saturated carbocycles. The summed E-state index contributed by atoms with van der Waals surface area (Å²) in [7, 11) is 1.43. The summed E-state index contributed by atoms with van der Waals surface area (Å²) in [6.45, 7) is 0.171. The molecule has 1 saturated heterocycles. The highest BCUT2D eigenvalue weighted by Crippen LogP contribution is 2.44. The van der Waals surface area contributed by atoms with E-state index in [0.29, 0.717) is 12.2 Å². The van der Waals surface area contributed by atoms with Gasteiger partial charge in [0.15, 0.2) is 5.69 Å². The van der Waals surface area contributed by atoms with Gasteiger partial charge in [0.05, 0.1) is 18.4 Å². The number of amides is 3. The Morgan fingerprint density at radius 1 is 0.925 bits per heavy atom. The number of benzene rings is 2. The zero-order chi connectivity index (χ0) is 29.2. The molecule has 8 N–H and O–H groups in total. The second-order valence-corrected chi connectivity index (χ2v) is 9.39. The molecule has 3 aromatic rings. The molecule has 40 heavy (non-hydrogen) atoms. The van der Waals surface area contributed by atoms with E-state index in [1.807, 2.05) is 0 Å². The van der Waals surface area contributed by atoms with E-state index in [4.69, 9.17) is 10.5 Å². The smallest absolute Gasteiger partial charge is 0.315 e. The maximum absolute atomic E-state index is 13.8. The van der Waals surface area contributed by atoms with Gasteiger partial charge in [0.1, 0.15) is 11.4 Å². The number of carbonyl (C=O) groups is 3. The molecule has 3 amide bonds. The molecule has 2 aliphatic heterocycles. The van der Waals surface area contributed by atoms with Crippen molar-refractivity contribution in [2.45, 2.75) is 30.3 Å². The van der Waals surface area contributed by atoms with Gasteiger partial charge in [-0.3, -0.25) is 14.4 Å². The molecule has 0 unspecified atom stereocenters. The monoisotopic (exact) mass is 555 g/mol. The maximum Gasteiger partial charge on any atom is 0.315 e. The lowest BCUT2D eigenvalue weighted by Gasteiger charge is -2.45. The van der Waals surface area contributed by atoms with Crippen molar-refractivity contribution in [2.75, 3.05) is 23.5 Å². The zero-order valence-electron chi connectivity index (χ0n) is 20.9. The van der Waals surface area contributed by atoms with Crippen molar-refractivity contribution in [3.63, 3.8) is 0 Å². The van der Waals surface area contributed by atoms with Crippen LogP contribution in [-0.4, -0.2) is 83.5 Å². The number of ether oxygens (including phenoxy) is 1. The van der Waals surface area contributed by atoms with Crippen LogP contribution in [-0.2, 0) is 10.6 Å². The zero-order valence-corrected chi connectivity index (χ0v) is 20.9. The van der Waals surface area contributed by atoms with Crippen LogP contribution in [0.4, 0.5) is 11.4 Å². The van der Waals surface area contributed by atoms with E-state index in [9.17, 15) is 45.0 Å². The summed E-state index contributed by atoms with van der Waals surface area (Å²) in [5.74, 6) is -12.9. The van der Waals surface area contributed by atoms with Gasteiger partial charge in [-0.2, -0.15) is 5.10 Å². The molecule has 2 aromatic carbocycles. The normalized spacial score (nSPS) is 19.4. The van der Waals surface area contributed by atoms with Crippen LogP contribution in [0.25, 0.3) is 5.69 Å². The molecule has 15 heteroatoms. The van der Waals surface area contributed by atoms with Gasteiger partial charge < -0.3 is 46.0 Å². The fraction of sp³-hybridized carbons (Fsp3) is 0.280. The highest BCUT2D eigenvalue weighted by atomic mass is 16.6. The first kappa shape index (κ1) is 27.2. The quantitative estimate of drug-likeness (QED) is 0.174. The third kappa shape index (κ3) is 3.91. The second-order valence-electron chi connectivity index (χ2n) is 9.39. The van der Waals surface area contributed by atoms with E-state index < -0.39 is 52.2 Å². The number of methoxy groups -OCH3 is 1. The number of aliphatic hydroxyl groups is 6. The number of rotatable bonds is 5. The Hall–Kier alpha value is -4.38. The lowest BCUT2D eigenvalue weighted by molar-refractivity contribution is -0.363. The third-order valence-electron chi connectivity index (χ3n) is 6.88. The van der Waals surface area contributed by atoms with Crippen LogP contribution >= 0.6 is 0 Å². The third-order valence-corrected chi connectivity index (χ3v) is 6.88. The SMILES string of the molecule is COc1ccc(-n2nc(C(N)=O)c3c2C(=O)N(c2ccc(N4CCCC(O)(O)C4=O)cc2)C(O)(O)C3(O)O)cc1. The number of nitrogens with zero attached hydrogens (tertiary/aromatic N) is 4. The topological polar surface area (TPSA) is 232 Å². The molecular weight excluding hydrogens is 530 g/mol. The van der Waals surface area contributed by atoms with E-state index >= 15 is 0 Å². The van der Waals surface area contributed by atoms with Crippen molar-refractivity contribution in [3.8, 4) is 11.4 Å². The van der Waals surface area contributed by atoms with Gasteiger partial charge in [-0.25, -0.2) is 9.58 Å². The highest BCUT2D eigenvalue weighted by Gasteiger charge is 2.64. The van der Waals surface area contributed by atoms with Gasteiger partial charge in [0.2, 0.25) is 5.79 Å². The minimum absolute atomic E-state index is 0.146. The van der Waals surface area contributed by atoms with E-state index in [2.05, 4.69) is 5.10 Å². The standard InChI is InChI=1S/C25H25N5O10/c1-40-16-9-7-15(8-10-16)30-19-17(18(27-30)20(26)31)24(36,37)25(38,39)29(21(19)32)14-5-3-13(4-6-14)28-12-2-11-23(34,35)22(28)33/h3-10,34-39H,2,11-12H2,1H3,(H2,26,31). The van der Waals surface area contributed by atoms with Gasteiger partial charge in [0.25, 0.3) is 23.5 Å². The first-order valence-electron chi connectivity index (χ1n) is 11.9. The number of fused-ring (bicyclic) bond motifs is 1. The fourth-order valence-corrected chi connectivity index (χ4v) is 4.83. The first-order valence-corrected chi connectivity index (χ1v) is 11.9. The van der Waals surface area contributed by atoms with E-state index in [0.717, 1.165) is 9.58 Å². The molecule has 0 spiro atoms. The summed E-state index contributed by atoms with van der Waals surface area (Å²) in [6.07, 6.45) is 0.145. The van der Waals surface area contributed by atoms with Gasteiger partial charge >= 0.3 is 5.91 Å². The first-order chi connectivity index (χ1) is 18.7. The van der Waals surface area contributed by atoms with Gasteiger partial charge in [-0.05, 0) is 55.0 Å². The van der Waals surface area contributed by atoms with Crippen LogP contribution in [0, 0.1) is 0 Å². The molecule has 2 aliphatic rings. The Morgan fingerprint density at radius 2 is 1.50 bits per heavy atom. The van der Waals surface area contributed by atoms with Crippen LogP contribution in [0.1, 0.15) is 39.4 Å². The molecule has 210 valence electrons. The molecule has 0 bridgehead atoms. The molecule has 3 heterocycles. The molecule has 1 aromatic heterocycles. The van der Waals surface area contributed by atoms with Gasteiger partial charge in [-0.1, -0.05) is 0 Å². The minimum Gasteiger partial charge on any atom is -0.497 e. The summed E-state index contributed by atoms with van der Waals surface area (Å²) in [6, 6.07) is 10.9. The fourth-order valence-electron chi connectivity index (χ4n) is 4.83. The van der Waals surface area contributed by atoms with E-state index in [-0.39, 0.29) is 34.9 Å². The summed E-state index contributed by atoms with van der Waals surface area (Å²) in [5.41, 5.74) is 3.20. The van der Waals surface area contributed by atoms with Crippen LogP contribution in [0.2, 0.25) is 0 Å². The molecule has 1 fully saturated rings. The van der Waals surface area contributed by atoms with Crippen molar-refractivity contribution in [1.82, 2.24) is 9.78 Å². The van der Waals surface area contributed by atoms with Crippen LogP contribution in [0.5, 0.6) is 5.75 Å². The number of carbonyl (C=O) groups excluding carboxylic acids is 3. The number of aromatic nitrogens is 2. The minimum atomic E-state index is -3.73.